The minimum absolute atomic E-state index is 0.0346. The van der Waals surface area contributed by atoms with Gasteiger partial charge in [0.25, 0.3) is 5.91 Å². The van der Waals surface area contributed by atoms with Gasteiger partial charge in [0, 0.05) is 38.4 Å². The Hall–Kier alpha value is -3.23. The number of hydrogen-bond donors (Lipinski definition) is 1. The number of benzene rings is 2. The molecule has 5 rings (SSSR count). The van der Waals surface area contributed by atoms with E-state index < -0.39 is 0 Å². The molecule has 1 saturated heterocycles. The lowest BCUT2D eigenvalue weighted by Crippen LogP contribution is -2.49. The molecule has 3 aromatic rings. The van der Waals surface area contributed by atoms with Crippen molar-refractivity contribution in [1.29, 1.82) is 0 Å². The van der Waals surface area contributed by atoms with Crippen LogP contribution in [0.1, 0.15) is 21.3 Å². The Kier molecular flexibility index (Phi) is 6.37. The first-order valence-electron chi connectivity index (χ1n) is 11.1. The van der Waals surface area contributed by atoms with Crippen LogP contribution in [0, 0.1) is 0 Å². The summed E-state index contributed by atoms with van der Waals surface area (Å²) in [5.74, 6) is 2.36. The van der Waals surface area contributed by atoms with Gasteiger partial charge in [0.05, 0.1) is 18.0 Å². The average molecular weight is 466 g/mol. The number of piperazine rings is 1. The second kappa shape index (κ2) is 9.72. The van der Waals surface area contributed by atoms with E-state index in [1.165, 1.54) is 17.0 Å². The van der Waals surface area contributed by atoms with E-state index in [0.717, 1.165) is 53.9 Å². The molecule has 1 aromatic heterocycles. The second-order valence-corrected chi connectivity index (χ2v) is 8.98. The van der Waals surface area contributed by atoms with Gasteiger partial charge in [-0.2, -0.15) is 0 Å². The number of ether oxygens (including phenoxy) is 3. The molecule has 0 radical (unpaired) electrons. The zero-order valence-corrected chi connectivity index (χ0v) is 19.3. The van der Waals surface area contributed by atoms with Crippen LogP contribution in [-0.4, -0.2) is 57.4 Å². The Labute approximate surface area is 197 Å². The highest BCUT2D eigenvalue weighted by molar-refractivity contribution is 7.12. The van der Waals surface area contributed by atoms with Gasteiger partial charge in [-0.05, 0) is 53.4 Å². The number of fused-ring (bicyclic) bond motifs is 1. The third-order valence-electron chi connectivity index (χ3n) is 6.17. The topological polar surface area (TPSA) is 63.3 Å². The third kappa shape index (κ3) is 4.77. The first-order chi connectivity index (χ1) is 16.2. The molecule has 8 heteroatoms. The van der Waals surface area contributed by atoms with Gasteiger partial charge in [-0.1, -0.05) is 12.1 Å². The molecule has 7 nitrogen and oxygen atoms in total. The van der Waals surface area contributed by atoms with Crippen molar-refractivity contribution in [3.05, 3.63) is 70.4 Å². The van der Waals surface area contributed by atoms with E-state index in [-0.39, 0.29) is 18.7 Å². The molecule has 0 bridgehead atoms. The molecule has 0 spiro atoms. The van der Waals surface area contributed by atoms with E-state index in [0.29, 0.717) is 6.54 Å². The molecular weight excluding hydrogens is 438 g/mol. The lowest BCUT2D eigenvalue weighted by Gasteiger charge is -2.40. The van der Waals surface area contributed by atoms with Crippen molar-refractivity contribution >= 4 is 22.9 Å². The number of nitrogens with zero attached hydrogens (tertiary/aromatic N) is 2. The molecule has 2 aliphatic heterocycles. The van der Waals surface area contributed by atoms with Crippen LogP contribution in [-0.2, 0) is 0 Å². The number of anilines is 1. The summed E-state index contributed by atoms with van der Waals surface area (Å²) in [6.07, 6.45) is 0. The SMILES string of the molecule is COc1ccc(N2CCN([C@@H](CNC(=O)c3cccs3)c3ccc4c(c3)OCO4)CC2)cc1. The largest absolute Gasteiger partial charge is 0.497 e. The fourth-order valence-electron chi connectivity index (χ4n) is 4.35. The molecule has 172 valence electrons. The van der Waals surface area contributed by atoms with Crippen LogP contribution < -0.4 is 24.4 Å². The van der Waals surface area contributed by atoms with Crippen molar-refractivity contribution in [2.24, 2.45) is 0 Å². The van der Waals surface area contributed by atoms with Crippen LogP contribution in [0.2, 0.25) is 0 Å². The lowest BCUT2D eigenvalue weighted by atomic mass is 10.0. The average Bonchev–Trinajstić information content (AvgIpc) is 3.57. The van der Waals surface area contributed by atoms with Crippen molar-refractivity contribution in [3.63, 3.8) is 0 Å². The molecule has 1 atom stereocenters. The number of methoxy groups -OCH3 is 1. The quantitative estimate of drug-likeness (QED) is 0.573. The number of carbonyl (C=O) groups excluding carboxylic acids is 1. The molecular formula is C25H27N3O4S. The van der Waals surface area contributed by atoms with Gasteiger partial charge >= 0.3 is 0 Å². The summed E-state index contributed by atoms with van der Waals surface area (Å²) >= 11 is 1.45. The molecule has 0 saturated carbocycles. The summed E-state index contributed by atoms with van der Waals surface area (Å²) in [6.45, 7) is 4.37. The summed E-state index contributed by atoms with van der Waals surface area (Å²) in [4.78, 5) is 18.2. The molecule has 0 aliphatic carbocycles. The Morgan fingerprint density at radius 2 is 1.85 bits per heavy atom. The van der Waals surface area contributed by atoms with Gasteiger partial charge in [0.1, 0.15) is 5.75 Å². The lowest BCUT2D eigenvalue weighted by molar-refractivity contribution is 0.0934. The van der Waals surface area contributed by atoms with Gasteiger partial charge in [-0.15, -0.1) is 11.3 Å². The summed E-state index contributed by atoms with van der Waals surface area (Å²) < 4.78 is 16.4. The minimum atomic E-state index is -0.0346. The number of thiophene rings is 1. The molecule has 2 aromatic carbocycles. The number of nitrogens with one attached hydrogen (secondary N) is 1. The Morgan fingerprint density at radius 3 is 2.58 bits per heavy atom. The Morgan fingerprint density at radius 1 is 1.06 bits per heavy atom. The van der Waals surface area contributed by atoms with E-state index >= 15 is 0 Å². The van der Waals surface area contributed by atoms with Crippen molar-refractivity contribution in [1.82, 2.24) is 10.2 Å². The van der Waals surface area contributed by atoms with Gasteiger partial charge < -0.3 is 24.4 Å². The fourth-order valence-corrected chi connectivity index (χ4v) is 4.99. The van der Waals surface area contributed by atoms with Crippen LogP contribution in [0.4, 0.5) is 5.69 Å². The van der Waals surface area contributed by atoms with Crippen LogP contribution in [0.5, 0.6) is 17.2 Å². The molecule has 33 heavy (non-hydrogen) atoms. The second-order valence-electron chi connectivity index (χ2n) is 8.04. The van der Waals surface area contributed by atoms with E-state index in [9.17, 15) is 4.79 Å². The summed E-state index contributed by atoms with van der Waals surface area (Å²) in [6, 6.07) is 18.1. The van der Waals surface area contributed by atoms with E-state index in [1.807, 2.05) is 41.8 Å². The van der Waals surface area contributed by atoms with Crippen molar-refractivity contribution in [2.75, 3.05) is 51.5 Å². The Bertz CT molecular complexity index is 1080. The monoisotopic (exact) mass is 465 g/mol. The maximum atomic E-state index is 12.6. The predicted molar refractivity (Wildman–Crippen MR) is 129 cm³/mol. The highest BCUT2D eigenvalue weighted by Gasteiger charge is 2.27. The fraction of sp³-hybridized carbons (Fsp3) is 0.320. The third-order valence-corrected chi connectivity index (χ3v) is 7.04. The number of carbonyl (C=O) groups is 1. The molecule has 1 fully saturated rings. The molecule has 1 amide bonds. The zero-order valence-electron chi connectivity index (χ0n) is 18.5. The first-order valence-corrected chi connectivity index (χ1v) is 11.9. The van der Waals surface area contributed by atoms with Crippen molar-refractivity contribution < 1.29 is 19.0 Å². The summed E-state index contributed by atoms with van der Waals surface area (Å²) in [5.41, 5.74) is 2.31. The summed E-state index contributed by atoms with van der Waals surface area (Å²) in [7, 11) is 1.68. The Balaban J connectivity index is 1.30. The number of rotatable bonds is 7. The summed E-state index contributed by atoms with van der Waals surface area (Å²) in [5, 5.41) is 5.05. The predicted octanol–water partition coefficient (Wildman–Crippen LogP) is 3.78. The van der Waals surface area contributed by atoms with Crippen LogP contribution in [0.15, 0.2) is 60.0 Å². The van der Waals surface area contributed by atoms with E-state index in [1.54, 1.807) is 7.11 Å². The van der Waals surface area contributed by atoms with Gasteiger partial charge in [0.2, 0.25) is 6.79 Å². The van der Waals surface area contributed by atoms with Gasteiger partial charge in [-0.3, -0.25) is 9.69 Å². The molecule has 2 aliphatic rings. The smallest absolute Gasteiger partial charge is 0.261 e. The van der Waals surface area contributed by atoms with E-state index in [4.69, 9.17) is 14.2 Å². The molecule has 3 heterocycles. The van der Waals surface area contributed by atoms with Crippen LogP contribution in [0.25, 0.3) is 0 Å². The maximum Gasteiger partial charge on any atom is 0.261 e. The molecule has 1 N–H and O–H groups in total. The normalized spacial score (nSPS) is 16.5. The molecule has 0 unspecified atom stereocenters. The van der Waals surface area contributed by atoms with Gasteiger partial charge in [-0.25, -0.2) is 0 Å². The maximum absolute atomic E-state index is 12.6. The number of amides is 1. The van der Waals surface area contributed by atoms with Crippen LogP contribution >= 0.6 is 11.3 Å². The van der Waals surface area contributed by atoms with E-state index in [2.05, 4.69) is 33.3 Å². The number of hydrogen-bond acceptors (Lipinski definition) is 7. The standard InChI is InChI=1S/C25H27N3O4S/c1-30-20-7-5-19(6-8-20)27-10-12-28(13-11-27)21(16-26-25(29)24-3-2-14-33-24)18-4-9-22-23(15-18)32-17-31-22/h2-9,14-15,21H,10-13,16-17H2,1H3,(H,26,29)/t21-/m0/s1. The minimum Gasteiger partial charge on any atom is -0.497 e. The highest BCUT2D eigenvalue weighted by Crippen LogP contribution is 2.36. The van der Waals surface area contributed by atoms with Crippen molar-refractivity contribution in [3.8, 4) is 17.2 Å². The van der Waals surface area contributed by atoms with Gasteiger partial charge in [0.15, 0.2) is 11.5 Å². The van der Waals surface area contributed by atoms with Crippen molar-refractivity contribution in [2.45, 2.75) is 6.04 Å². The zero-order chi connectivity index (χ0) is 22.6. The van der Waals surface area contributed by atoms with Crippen LogP contribution in [0.3, 0.4) is 0 Å². The first kappa shape index (κ1) is 21.6. The highest BCUT2D eigenvalue weighted by atomic mass is 32.1.